The second-order valence-corrected chi connectivity index (χ2v) is 4.66. The number of aryl methyl sites for hydroxylation is 2. The molecule has 1 atom stereocenters. The van der Waals surface area contributed by atoms with Gasteiger partial charge in [-0.1, -0.05) is 0 Å². The van der Waals surface area contributed by atoms with Crippen molar-refractivity contribution in [1.82, 2.24) is 19.5 Å². The van der Waals surface area contributed by atoms with Gasteiger partial charge < -0.3 is 14.7 Å². The van der Waals surface area contributed by atoms with Gasteiger partial charge in [-0.05, 0) is 19.3 Å². The summed E-state index contributed by atoms with van der Waals surface area (Å²) in [6, 6.07) is 0. The van der Waals surface area contributed by atoms with Crippen molar-refractivity contribution in [3.63, 3.8) is 0 Å². The van der Waals surface area contributed by atoms with Crippen LogP contribution in [0.4, 0.5) is 0 Å². The van der Waals surface area contributed by atoms with E-state index in [1.807, 2.05) is 17.8 Å². The minimum absolute atomic E-state index is 0.484. The monoisotopic (exact) mass is 246 g/mol. The van der Waals surface area contributed by atoms with Crippen LogP contribution in [0.5, 0.6) is 0 Å². The number of H-pyrrole nitrogens is 1. The van der Waals surface area contributed by atoms with E-state index in [0.29, 0.717) is 17.9 Å². The Hall–Kier alpha value is -2.11. The van der Waals surface area contributed by atoms with E-state index in [2.05, 4.69) is 15.0 Å². The Morgan fingerprint density at radius 3 is 3.11 bits per heavy atom. The Morgan fingerprint density at radius 2 is 2.44 bits per heavy atom. The van der Waals surface area contributed by atoms with Crippen LogP contribution >= 0.6 is 0 Å². The molecule has 0 radical (unpaired) electrons. The van der Waals surface area contributed by atoms with Crippen molar-refractivity contribution in [2.24, 2.45) is 7.05 Å². The SMILES string of the molecule is Cn1cnc(-c2nc3c([nH]2)CCCC3C(=O)O)c1. The Bertz CT molecular complexity index is 599. The first-order chi connectivity index (χ1) is 8.65. The molecule has 0 saturated heterocycles. The van der Waals surface area contributed by atoms with Gasteiger partial charge in [0.2, 0.25) is 0 Å². The molecule has 6 nitrogen and oxygen atoms in total. The number of carboxylic acid groups (broad SMARTS) is 1. The molecule has 0 aliphatic heterocycles. The molecule has 0 amide bonds. The summed E-state index contributed by atoms with van der Waals surface area (Å²) in [6.07, 6.45) is 5.97. The molecule has 2 N–H and O–H groups in total. The van der Waals surface area contributed by atoms with Crippen LogP contribution < -0.4 is 0 Å². The first-order valence-corrected chi connectivity index (χ1v) is 5.95. The van der Waals surface area contributed by atoms with Crippen LogP contribution in [0.1, 0.15) is 30.1 Å². The quantitative estimate of drug-likeness (QED) is 0.836. The molecule has 0 bridgehead atoms. The van der Waals surface area contributed by atoms with Gasteiger partial charge in [-0.3, -0.25) is 4.79 Å². The molecule has 1 aliphatic carbocycles. The minimum Gasteiger partial charge on any atom is -0.481 e. The van der Waals surface area contributed by atoms with Crippen molar-refractivity contribution in [3.05, 3.63) is 23.9 Å². The Kier molecular flexibility index (Phi) is 2.43. The summed E-state index contributed by atoms with van der Waals surface area (Å²) in [7, 11) is 1.89. The van der Waals surface area contributed by atoms with Crippen molar-refractivity contribution >= 4 is 5.97 Å². The van der Waals surface area contributed by atoms with Crippen molar-refractivity contribution in [1.29, 1.82) is 0 Å². The molecule has 6 heteroatoms. The van der Waals surface area contributed by atoms with Gasteiger partial charge in [-0.25, -0.2) is 9.97 Å². The topological polar surface area (TPSA) is 83.8 Å². The van der Waals surface area contributed by atoms with Gasteiger partial charge in [0.25, 0.3) is 0 Å². The molecule has 0 spiro atoms. The highest BCUT2D eigenvalue weighted by Crippen LogP contribution is 2.31. The minimum atomic E-state index is -0.796. The number of hydrogen-bond donors (Lipinski definition) is 2. The number of carboxylic acids is 1. The van der Waals surface area contributed by atoms with Crippen molar-refractivity contribution < 1.29 is 9.90 Å². The van der Waals surface area contributed by atoms with E-state index in [1.54, 1.807) is 6.33 Å². The maximum atomic E-state index is 11.2. The van der Waals surface area contributed by atoms with Gasteiger partial charge in [0.05, 0.1) is 12.0 Å². The van der Waals surface area contributed by atoms with Crippen molar-refractivity contribution in [2.45, 2.75) is 25.2 Å². The molecular weight excluding hydrogens is 232 g/mol. The van der Waals surface area contributed by atoms with Crippen LogP contribution in [-0.4, -0.2) is 30.6 Å². The summed E-state index contributed by atoms with van der Waals surface area (Å²) < 4.78 is 1.84. The van der Waals surface area contributed by atoms with Gasteiger partial charge in [0.15, 0.2) is 5.82 Å². The van der Waals surface area contributed by atoms with E-state index >= 15 is 0 Å². The van der Waals surface area contributed by atoms with Gasteiger partial charge >= 0.3 is 5.97 Å². The summed E-state index contributed by atoms with van der Waals surface area (Å²) >= 11 is 0. The lowest BCUT2D eigenvalue weighted by atomic mass is 9.90. The largest absolute Gasteiger partial charge is 0.481 e. The first-order valence-electron chi connectivity index (χ1n) is 5.95. The van der Waals surface area contributed by atoms with Gasteiger partial charge in [0.1, 0.15) is 11.6 Å². The predicted octanol–water partition coefficient (Wildman–Crippen LogP) is 1.31. The number of fused-ring (bicyclic) bond motifs is 1. The van der Waals surface area contributed by atoms with Crippen molar-refractivity contribution in [2.75, 3.05) is 0 Å². The zero-order chi connectivity index (χ0) is 12.7. The molecule has 2 aromatic heterocycles. The van der Waals surface area contributed by atoms with E-state index in [-0.39, 0.29) is 0 Å². The van der Waals surface area contributed by atoms with E-state index in [0.717, 1.165) is 24.2 Å². The summed E-state index contributed by atoms with van der Waals surface area (Å²) in [6.45, 7) is 0. The average molecular weight is 246 g/mol. The van der Waals surface area contributed by atoms with Gasteiger partial charge in [-0.15, -0.1) is 0 Å². The lowest BCUT2D eigenvalue weighted by molar-refractivity contribution is -0.139. The highest BCUT2D eigenvalue weighted by Gasteiger charge is 2.30. The number of hydrogen-bond acceptors (Lipinski definition) is 3. The third-order valence-corrected chi connectivity index (χ3v) is 3.31. The second-order valence-electron chi connectivity index (χ2n) is 4.66. The maximum absolute atomic E-state index is 11.2. The van der Waals surface area contributed by atoms with Crippen LogP contribution in [0.25, 0.3) is 11.5 Å². The Morgan fingerprint density at radius 1 is 1.61 bits per heavy atom. The number of aliphatic carboxylic acids is 1. The number of aromatic nitrogens is 4. The Labute approximate surface area is 104 Å². The smallest absolute Gasteiger partial charge is 0.312 e. The second kappa shape index (κ2) is 3.97. The number of imidazole rings is 2. The van der Waals surface area contributed by atoms with Gasteiger partial charge in [-0.2, -0.15) is 0 Å². The van der Waals surface area contributed by atoms with E-state index in [1.165, 1.54) is 0 Å². The van der Waals surface area contributed by atoms with Crippen LogP contribution in [0.2, 0.25) is 0 Å². The highest BCUT2D eigenvalue weighted by molar-refractivity contribution is 5.76. The summed E-state index contributed by atoms with van der Waals surface area (Å²) in [5, 5.41) is 9.20. The van der Waals surface area contributed by atoms with E-state index in [9.17, 15) is 9.90 Å². The fourth-order valence-corrected chi connectivity index (χ4v) is 2.42. The molecule has 3 rings (SSSR count). The predicted molar refractivity (Wildman–Crippen MR) is 64.1 cm³/mol. The first kappa shape index (κ1) is 11.0. The molecule has 2 aromatic rings. The summed E-state index contributed by atoms with van der Waals surface area (Å²) in [5.74, 6) is -0.619. The van der Waals surface area contributed by atoms with E-state index in [4.69, 9.17) is 0 Å². The molecule has 1 unspecified atom stereocenters. The molecule has 0 aromatic carbocycles. The number of rotatable bonds is 2. The highest BCUT2D eigenvalue weighted by atomic mass is 16.4. The third-order valence-electron chi connectivity index (χ3n) is 3.31. The molecule has 0 saturated carbocycles. The Balaban J connectivity index is 2.03. The number of aromatic amines is 1. The van der Waals surface area contributed by atoms with Crippen LogP contribution in [0, 0.1) is 0 Å². The van der Waals surface area contributed by atoms with E-state index < -0.39 is 11.9 Å². The fraction of sp³-hybridized carbons (Fsp3) is 0.417. The number of nitrogens with zero attached hydrogens (tertiary/aromatic N) is 3. The van der Waals surface area contributed by atoms with Crippen LogP contribution in [-0.2, 0) is 18.3 Å². The van der Waals surface area contributed by atoms with Gasteiger partial charge in [0, 0.05) is 18.9 Å². The molecule has 18 heavy (non-hydrogen) atoms. The molecule has 94 valence electrons. The van der Waals surface area contributed by atoms with Crippen LogP contribution in [0.15, 0.2) is 12.5 Å². The number of nitrogens with one attached hydrogen (secondary N) is 1. The standard InChI is InChI=1S/C12H14N4O2/c1-16-5-9(13-6-16)11-14-8-4-2-3-7(12(17)18)10(8)15-11/h5-7H,2-4H2,1H3,(H,14,15)(H,17,18). The van der Waals surface area contributed by atoms with Crippen LogP contribution in [0.3, 0.4) is 0 Å². The third kappa shape index (κ3) is 1.70. The number of carbonyl (C=O) groups is 1. The summed E-state index contributed by atoms with van der Waals surface area (Å²) in [5.41, 5.74) is 2.36. The summed E-state index contributed by atoms with van der Waals surface area (Å²) in [4.78, 5) is 23.0. The van der Waals surface area contributed by atoms with Crippen molar-refractivity contribution in [3.8, 4) is 11.5 Å². The fourth-order valence-electron chi connectivity index (χ4n) is 2.42. The molecule has 1 aliphatic rings. The molecule has 0 fully saturated rings. The maximum Gasteiger partial charge on any atom is 0.312 e. The lowest BCUT2D eigenvalue weighted by Crippen LogP contribution is -2.17. The zero-order valence-corrected chi connectivity index (χ0v) is 10.1. The molecular formula is C12H14N4O2. The lowest BCUT2D eigenvalue weighted by Gasteiger charge is -2.16. The zero-order valence-electron chi connectivity index (χ0n) is 10.1. The average Bonchev–Trinajstić information content (AvgIpc) is 2.93. The molecule has 2 heterocycles. The normalized spacial score (nSPS) is 18.6.